The van der Waals surface area contributed by atoms with Crippen LogP contribution in [0.5, 0.6) is 0 Å². The molecule has 0 aromatic rings. The molecule has 1 aliphatic carbocycles. The summed E-state index contributed by atoms with van der Waals surface area (Å²) in [7, 11) is 0. The van der Waals surface area contributed by atoms with E-state index in [1.807, 2.05) is 0 Å². The number of aliphatic hydroxyl groups excluding tert-OH is 1. The third kappa shape index (κ3) is 9.75. The van der Waals surface area contributed by atoms with Gasteiger partial charge in [0, 0.05) is 26.2 Å². The number of rotatable bonds is 9. The molecule has 0 aromatic carbocycles. The Kier molecular flexibility index (Phi) is 13.3. The molecule has 0 spiro atoms. The Balaban J connectivity index is 0.00000484. The average Bonchev–Trinajstić information content (AvgIpc) is 2.50. The minimum atomic E-state index is 0. The van der Waals surface area contributed by atoms with Crippen LogP contribution in [0.25, 0.3) is 0 Å². The van der Waals surface area contributed by atoms with Crippen molar-refractivity contribution >= 4 is 29.9 Å². The first-order valence-electron chi connectivity index (χ1n) is 9.25. The Morgan fingerprint density at radius 1 is 1.17 bits per heavy atom. The zero-order valence-electron chi connectivity index (χ0n) is 15.4. The van der Waals surface area contributed by atoms with Crippen LogP contribution in [0.1, 0.15) is 72.1 Å². The molecular formula is C18H38IN3O. The van der Waals surface area contributed by atoms with Gasteiger partial charge in [0.05, 0.1) is 0 Å². The second-order valence-electron chi connectivity index (χ2n) is 7.19. The number of hydrogen-bond acceptors (Lipinski definition) is 2. The summed E-state index contributed by atoms with van der Waals surface area (Å²) in [6.45, 7) is 9.64. The molecular weight excluding hydrogens is 401 g/mol. The summed E-state index contributed by atoms with van der Waals surface area (Å²) in [5.74, 6) is 1.70. The lowest BCUT2D eigenvalue weighted by atomic mass is 9.72. The molecule has 1 aliphatic rings. The van der Waals surface area contributed by atoms with Gasteiger partial charge in [0.2, 0.25) is 0 Å². The van der Waals surface area contributed by atoms with Crippen LogP contribution in [-0.2, 0) is 0 Å². The number of nitrogens with zero attached hydrogens (tertiary/aromatic N) is 1. The summed E-state index contributed by atoms with van der Waals surface area (Å²) in [6.07, 6.45) is 9.66. The van der Waals surface area contributed by atoms with Gasteiger partial charge in [-0.2, -0.15) is 0 Å². The van der Waals surface area contributed by atoms with E-state index in [9.17, 15) is 5.11 Å². The van der Waals surface area contributed by atoms with Gasteiger partial charge in [-0.25, -0.2) is 0 Å². The molecule has 1 saturated carbocycles. The summed E-state index contributed by atoms with van der Waals surface area (Å²) in [6, 6.07) is 0. The van der Waals surface area contributed by atoms with Crippen LogP contribution in [0.15, 0.2) is 4.99 Å². The van der Waals surface area contributed by atoms with Crippen LogP contribution in [0, 0.1) is 11.3 Å². The molecule has 0 aliphatic heterocycles. The summed E-state index contributed by atoms with van der Waals surface area (Å²) < 4.78 is 0. The Bertz CT molecular complexity index is 310. The molecule has 0 atom stereocenters. The van der Waals surface area contributed by atoms with Crippen LogP contribution >= 0.6 is 24.0 Å². The van der Waals surface area contributed by atoms with E-state index in [1.54, 1.807) is 0 Å². The third-order valence-corrected chi connectivity index (χ3v) is 4.72. The first kappa shape index (κ1) is 23.0. The Morgan fingerprint density at radius 2 is 1.87 bits per heavy atom. The Hall–Kier alpha value is -0.0400. The lowest BCUT2D eigenvalue weighted by Gasteiger charge is -2.35. The van der Waals surface area contributed by atoms with Gasteiger partial charge in [-0.1, -0.05) is 33.1 Å². The van der Waals surface area contributed by atoms with E-state index in [-0.39, 0.29) is 36.0 Å². The van der Waals surface area contributed by atoms with E-state index in [1.165, 1.54) is 44.9 Å². The molecule has 0 unspecified atom stereocenters. The highest BCUT2D eigenvalue weighted by atomic mass is 127. The highest BCUT2D eigenvalue weighted by Gasteiger charge is 2.31. The predicted molar refractivity (Wildman–Crippen MR) is 111 cm³/mol. The monoisotopic (exact) mass is 439 g/mol. The van der Waals surface area contributed by atoms with Gasteiger partial charge < -0.3 is 15.7 Å². The smallest absolute Gasteiger partial charge is 0.191 e. The highest BCUT2D eigenvalue weighted by molar-refractivity contribution is 14.0. The molecule has 5 heteroatoms. The summed E-state index contributed by atoms with van der Waals surface area (Å²) >= 11 is 0. The maximum atomic E-state index is 9.40. The lowest BCUT2D eigenvalue weighted by Crippen LogP contribution is -2.39. The molecule has 0 amide bonds. The number of nitrogens with one attached hydrogen (secondary N) is 2. The van der Waals surface area contributed by atoms with Crippen molar-refractivity contribution in [1.82, 2.24) is 10.6 Å². The Morgan fingerprint density at radius 3 is 2.43 bits per heavy atom. The van der Waals surface area contributed by atoms with Crippen molar-refractivity contribution in [2.24, 2.45) is 16.3 Å². The minimum absolute atomic E-state index is 0. The van der Waals surface area contributed by atoms with E-state index in [4.69, 9.17) is 4.99 Å². The summed E-state index contributed by atoms with van der Waals surface area (Å²) in [5, 5.41) is 16.2. The van der Waals surface area contributed by atoms with Gasteiger partial charge in [-0.3, -0.25) is 4.99 Å². The fraction of sp³-hybridized carbons (Fsp3) is 0.944. The minimum Gasteiger partial charge on any atom is -0.396 e. The molecule has 0 aromatic heterocycles. The van der Waals surface area contributed by atoms with Crippen molar-refractivity contribution in [3.8, 4) is 0 Å². The maximum Gasteiger partial charge on any atom is 0.191 e. The van der Waals surface area contributed by atoms with Crippen LogP contribution in [0.2, 0.25) is 0 Å². The quantitative estimate of drug-likeness (QED) is 0.221. The van der Waals surface area contributed by atoms with Crippen molar-refractivity contribution in [2.75, 3.05) is 26.2 Å². The molecule has 4 nitrogen and oxygen atoms in total. The molecule has 0 heterocycles. The molecule has 138 valence electrons. The van der Waals surface area contributed by atoms with Crippen LogP contribution in [0.3, 0.4) is 0 Å². The largest absolute Gasteiger partial charge is 0.396 e. The number of aliphatic imine (C=N–C) groups is 1. The van der Waals surface area contributed by atoms with E-state index >= 15 is 0 Å². The molecule has 3 N–H and O–H groups in total. The third-order valence-electron chi connectivity index (χ3n) is 4.72. The molecule has 23 heavy (non-hydrogen) atoms. The number of aliphatic hydroxyl groups is 1. The molecule has 0 bridgehead atoms. The van der Waals surface area contributed by atoms with E-state index < -0.39 is 0 Å². The zero-order valence-corrected chi connectivity index (χ0v) is 17.7. The summed E-state index contributed by atoms with van der Waals surface area (Å²) in [5.41, 5.74) is 0.229. The molecule has 0 radical (unpaired) electrons. The molecule has 0 saturated heterocycles. The van der Waals surface area contributed by atoms with E-state index in [0.717, 1.165) is 37.9 Å². The van der Waals surface area contributed by atoms with Crippen molar-refractivity contribution in [2.45, 2.75) is 72.1 Å². The first-order chi connectivity index (χ1) is 10.6. The Labute approximate surface area is 160 Å². The van der Waals surface area contributed by atoms with Crippen molar-refractivity contribution < 1.29 is 5.11 Å². The van der Waals surface area contributed by atoms with Gasteiger partial charge in [-0.15, -0.1) is 24.0 Å². The standard InChI is InChI=1S/C18H37N3O.HI/c1-4-19-17(20-13-8-9-16(2)3)21-15-18(12-14-22)10-6-5-7-11-18;/h16,22H,4-15H2,1-3H3,(H2,19,20,21);1H. The number of hydrogen-bond donors (Lipinski definition) is 3. The number of halogens is 1. The van der Waals surface area contributed by atoms with Crippen LogP contribution in [-0.4, -0.2) is 37.3 Å². The van der Waals surface area contributed by atoms with Crippen molar-refractivity contribution in [1.29, 1.82) is 0 Å². The molecule has 1 rings (SSSR count). The average molecular weight is 439 g/mol. The lowest BCUT2D eigenvalue weighted by molar-refractivity contribution is 0.137. The fourth-order valence-corrected chi connectivity index (χ4v) is 3.33. The van der Waals surface area contributed by atoms with E-state index in [0.29, 0.717) is 0 Å². The normalized spacial score (nSPS) is 17.7. The topological polar surface area (TPSA) is 56.7 Å². The van der Waals surface area contributed by atoms with Crippen molar-refractivity contribution in [3.63, 3.8) is 0 Å². The number of guanidine groups is 1. The van der Waals surface area contributed by atoms with Gasteiger partial charge in [0.25, 0.3) is 0 Å². The SMILES string of the molecule is CCNC(=NCC1(CCO)CCCCC1)NCCCC(C)C.I. The predicted octanol–water partition coefficient (Wildman–Crippen LogP) is 3.93. The second-order valence-corrected chi connectivity index (χ2v) is 7.19. The first-order valence-corrected chi connectivity index (χ1v) is 9.25. The van der Waals surface area contributed by atoms with Crippen molar-refractivity contribution in [3.05, 3.63) is 0 Å². The van der Waals surface area contributed by atoms with Crippen LogP contribution in [0.4, 0.5) is 0 Å². The fourth-order valence-electron chi connectivity index (χ4n) is 3.33. The van der Waals surface area contributed by atoms with Gasteiger partial charge in [0.15, 0.2) is 5.96 Å². The van der Waals surface area contributed by atoms with Crippen LogP contribution < -0.4 is 10.6 Å². The second kappa shape index (κ2) is 13.3. The summed E-state index contributed by atoms with van der Waals surface area (Å²) in [4.78, 5) is 4.83. The van der Waals surface area contributed by atoms with Gasteiger partial charge >= 0.3 is 0 Å². The van der Waals surface area contributed by atoms with Gasteiger partial charge in [0.1, 0.15) is 0 Å². The highest BCUT2D eigenvalue weighted by Crippen LogP contribution is 2.39. The van der Waals surface area contributed by atoms with Gasteiger partial charge in [-0.05, 0) is 50.4 Å². The maximum absolute atomic E-state index is 9.40. The molecule has 1 fully saturated rings. The van der Waals surface area contributed by atoms with E-state index in [2.05, 4.69) is 31.4 Å². The zero-order chi connectivity index (χ0) is 16.3.